The average molecular weight is 390 g/mol. The lowest BCUT2D eigenvalue weighted by molar-refractivity contribution is -0.211. The van der Waals surface area contributed by atoms with Gasteiger partial charge in [-0.25, -0.2) is 4.79 Å². The van der Waals surface area contributed by atoms with Crippen molar-refractivity contribution in [1.82, 2.24) is 10.3 Å². The Morgan fingerprint density at radius 1 is 1.18 bits per heavy atom. The SMILES string of the molecule is O=C(OC12C=C(c3cncc(Oc4ccccc4)c3)C(CNC1)C2)C(F)(F)F. The summed E-state index contributed by atoms with van der Waals surface area (Å²) in [6.07, 6.45) is 0.0916. The van der Waals surface area contributed by atoms with E-state index in [0.717, 1.165) is 11.1 Å². The summed E-state index contributed by atoms with van der Waals surface area (Å²) in [7, 11) is 0. The van der Waals surface area contributed by atoms with Crippen LogP contribution in [0, 0.1) is 5.92 Å². The Morgan fingerprint density at radius 2 is 1.96 bits per heavy atom. The summed E-state index contributed by atoms with van der Waals surface area (Å²) in [5.74, 6) is -1.09. The van der Waals surface area contributed by atoms with E-state index >= 15 is 0 Å². The minimum absolute atomic E-state index is 0.0800. The van der Waals surface area contributed by atoms with Gasteiger partial charge in [-0.05, 0) is 35.4 Å². The predicted octanol–water partition coefficient (Wildman–Crippen LogP) is 3.72. The first-order valence-electron chi connectivity index (χ1n) is 8.77. The largest absolute Gasteiger partial charge is 0.490 e. The second-order valence-electron chi connectivity index (χ2n) is 6.91. The van der Waals surface area contributed by atoms with Crippen LogP contribution in [0.25, 0.3) is 5.57 Å². The number of hydrogen-bond donors (Lipinski definition) is 1. The molecule has 1 N–H and O–H groups in total. The molecule has 2 aromatic rings. The number of nitrogens with zero attached hydrogens (tertiary/aromatic N) is 1. The molecule has 1 aliphatic carbocycles. The molecule has 2 aliphatic rings. The van der Waals surface area contributed by atoms with Crippen molar-refractivity contribution in [3.8, 4) is 11.5 Å². The Kier molecular flexibility index (Phi) is 4.58. The number of rotatable bonds is 4. The van der Waals surface area contributed by atoms with Crippen LogP contribution in [0.3, 0.4) is 0 Å². The number of pyridine rings is 1. The summed E-state index contributed by atoms with van der Waals surface area (Å²) in [6.45, 7) is 0.726. The first-order valence-corrected chi connectivity index (χ1v) is 8.77. The molecule has 1 fully saturated rings. The van der Waals surface area contributed by atoms with E-state index in [1.54, 1.807) is 24.5 Å². The smallest absolute Gasteiger partial charge is 0.456 e. The number of para-hydroxylation sites is 1. The zero-order valence-corrected chi connectivity index (χ0v) is 14.7. The van der Waals surface area contributed by atoms with Crippen molar-refractivity contribution >= 4 is 11.5 Å². The van der Waals surface area contributed by atoms with Crippen molar-refractivity contribution in [1.29, 1.82) is 0 Å². The number of alkyl halides is 3. The van der Waals surface area contributed by atoms with Gasteiger partial charge in [0.15, 0.2) is 0 Å². The lowest BCUT2D eigenvalue weighted by Gasteiger charge is -2.33. The van der Waals surface area contributed by atoms with Crippen LogP contribution in [0.1, 0.15) is 12.0 Å². The first kappa shape index (κ1) is 18.5. The van der Waals surface area contributed by atoms with Crippen LogP contribution in [0.15, 0.2) is 54.9 Å². The predicted molar refractivity (Wildman–Crippen MR) is 94.6 cm³/mol. The topological polar surface area (TPSA) is 60.5 Å². The average Bonchev–Trinajstić information content (AvgIpc) is 2.92. The normalized spacial score (nSPS) is 23.8. The zero-order chi connectivity index (χ0) is 19.8. The van der Waals surface area contributed by atoms with Gasteiger partial charge in [-0.1, -0.05) is 18.2 Å². The number of ether oxygens (including phenoxy) is 2. The summed E-state index contributed by atoms with van der Waals surface area (Å²) in [5, 5.41) is 3.05. The Bertz CT molecular complexity index is 914. The summed E-state index contributed by atoms with van der Waals surface area (Å²) in [4.78, 5) is 15.6. The molecular formula is C20H17F3N2O3. The first-order chi connectivity index (χ1) is 13.3. The molecule has 1 aromatic heterocycles. The molecule has 1 aliphatic heterocycles. The molecule has 1 aromatic carbocycles. The molecule has 2 bridgehead atoms. The number of carbonyl (C=O) groups excluding carboxylic acids is 1. The molecule has 2 unspecified atom stereocenters. The number of hydrogen-bond acceptors (Lipinski definition) is 5. The van der Waals surface area contributed by atoms with Gasteiger partial charge >= 0.3 is 12.1 Å². The number of aromatic nitrogens is 1. The maximum Gasteiger partial charge on any atom is 0.490 e. The van der Waals surface area contributed by atoms with Gasteiger partial charge in [0.25, 0.3) is 0 Å². The number of nitrogens with one attached hydrogen (secondary N) is 1. The van der Waals surface area contributed by atoms with Gasteiger partial charge in [-0.15, -0.1) is 0 Å². The summed E-state index contributed by atoms with van der Waals surface area (Å²) in [5.41, 5.74) is 0.222. The highest BCUT2D eigenvalue weighted by Gasteiger charge is 2.50. The van der Waals surface area contributed by atoms with E-state index in [-0.39, 0.29) is 12.5 Å². The number of carbonyl (C=O) groups is 1. The standard InChI is InChI=1S/C20H17F3N2O3/c21-20(22,23)18(26)28-19-7-14(10-25-12-19)17(8-19)13-6-16(11-24-9-13)27-15-4-2-1-3-5-15/h1-6,8-9,11,14,25H,7,10,12H2. The molecule has 5 nitrogen and oxygen atoms in total. The molecule has 28 heavy (non-hydrogen) atoms. The maximum atomic E-state index is 12.7. The molecule has 0 radical (unpaired) electrons. The van der Waals surface area contributed by atoms with E-state index in [9.17, 15) is 18.0 Å². The van der Waals surface area contributed by atoms with E-state index in [4.69, 9.17) is 9.47 Å². The number of benzene rings is 1. The molecule has 4 rings (SSSR count). The summed E-state index contributed by atoms with van der Waals surface area (Å²) in [6, 6.07) is 11.0. The van der Waals surface area contributed by atoms with E-state index in [1.807, 2.05) is 30.3 Å². The number of piperidine rings is 1. The molecule has 2 atom stereocenters. The molecule has 1 saturated heterocycles. The fourth-order valence-electron chi connectivity index (χ4n) is 3.68. The molecule has 2 heterocycles. The van der Waals surface area contributed by atoms with Gasteiger partial charge in [0.1, 0.15) is 17.1 Å². The highest BCUT2D eigenvalue weighted by atomic mass is 19.4. The highest BCUT2D eigenvalue weighted by Crippen LogP contribution is 2.44. The van der Waals surface area contributed by atoms with Gasteiger partial charge in [0, 0.05) is 31.6 Å². The maximum absolute atomic E-state index is 12.7. The lowest BCUT2D eigenvalue weighted by atomic mass is 9.91. The van der Waals surface area contributed by atoms with Crippen molar-refractivity contribution in [2.45, 2.75) is 18.2 Å². The number of esters is 1. The summed E-state index contributed by atoms with van der Waals surface area (Å²) >= 11 is 0. The molecule has 0 spiro atoms. The fourth-order valence-corrected chi connectivity index (χ4v) is 3.68. The van der Waals surface area contributed by atoms with E-state index in [0.29, 0.717) is 24.5 Å². The van der Waals surface area contributed by atoms with E-state index < -0.39 is 17.7 Å². The van der Waals surface area contributed by atoms with Crippen LogP contribution in [-0.2, 0) is 9.53 Å². The molecule has 0 saturated carbocycles. The van der Waals surface area contributed by atoms with Crippen molar-refractivity contribution in [3.63, 3.8) is 0 Å². The van der Waals surface area contributed by atoms with Crippen LogP contribution in [0.5, 0.6) is 11.5 Å². The second kappa shape index (κ2) is 6.94. The fraction of sp³-hybridized carbons (Fsp3) is 0.300. The van der Waals surface area contributed by atoms with Crippen molar-refractivity contribution in [2.24, 2.45) is 5.92 Å². The van der Waals surface area contributed by atoms with Crippen LogP contribution in [0.4, 0.5) is 13.2 Å². The lowest BCUT2D eigenvalue weighted by Crippen LogP contribution is -2.49. The monoisotopic (exact) mass is 390 g/mol. The molecule has 146 valence electrons. The Morgan fingerprint density at radius 3 is 2.71 bits per heavy atom. The number of fused-ring (bicyclic) bond motifs is 2. The minimum atomic E-state index is -5.02. The third kappa shape index (κ3) is 3.73. The highest BCUT2D eigenvalue weighted by molar-refractivity contribution is 5.78. The van der Waals surface area contributed by atoms with E-state index in [1.165, 1.54) is 0 Å². The van der Waals surface area contributed by atoms with Crippen LogP contribution in [-0.4, -0.2) is 35.8 Å². The van der Waals surface area contributed by atoms with Crippen LogP contribution < -0.4 is 10.1 Å². The van der Waals surface area contributed by atoms with Crippen molar-refractivity contribution in [2.75, 3.05) is 13.1 Å². The Hall–Kier alpha value is -2.87. The van der Waals surface area contributed by atoms with Gasteiger partial charge in [-0.2, -0.15) is 13.2 Å². The van der Waals surface area contributed by atoms with Crippen LogP contribution >= 0.6 is 0 Å². The molecule has 0 amide bonds. The number of halogens is 3. The third-order valence-electron chi connectivity index (χ3n) is 4.82. The van der Waals surface area contributed by atoms with Crippen molar-refractivity contribution < 1.29 is 27.4 Å². The Labute approximate surface area is 159 Å². The van der Waals surface area contributed by atoms with E-state index in [2.05, 4.69) is 10.3 Å². The molecular weight excluding hydrogens is 373 g/mol. The minimum Gasteiger partial charge on any atom is -0.456 e. The second-order valence-corrected chi connectivity index (χ2v) is 6.91. The van der Waals surface area contributed by atoms with Crippen LogP contribution in [0.2, 0.25) is 0 Å². The quantitative estimate of drug-likeness (QED) is 0.807. The van der Waals surface area contributed by atoms with Gasteiger partial charge in [-0.3, -0.25) is 4.98 Å². The molecule has 8 heteroatoms. The summed E-state index contributed by atoms with van der Waals surface area (Å²) < 4.78 is 48.6. The van der Waals surface area contributed by atoms with Gasteiger partial charge in [0.2, 0.25) is 0 Å². The Balaban J connectivity index is 1.60. The van der Waals surface area contributed by atoms with Gasteiger partial charge in [0.05, 0.1) is 6.20 Å². The van der Waals surface area contributed by atoms with Gasteiger partial charge < -0.3 is 14.8 Å². The zero-order valence-electron chi connectivity index (χ0n) is 14.7. The third-order valence-corrected chi connectivity index (χ3v) is 4.82. The van der Waals surface area contributed by atoms with Crippen molar-refractivity contribution in [3.05, 3.63) is 60.4 Å².